The fraction of sp³-hybridized carbons (Fsp3) is 0.316. The number of nitrogens with zero attached hydrogens (tertiary/aromatic N) is 3. The van der Waals surface area contributed by atoms with Gasteiger partial charge in [0.15, 0.2) is 0 Å². The van der Waals surface area contributed by atoms with Crippen molar-refractivity contribution in [1.29, 1.82) is 0 Å². The molecule has 0 saturated carbocycles. The number of aryl methyl sites for hydroxylation is 1. The van der Waals surface area contributed by atoms with E-state index in [2.05, 4.69) is 5.10 Å². The molecule has 2 aromatic carbocycles. The first-order valence-corrected chi connectivity index (χ1v) is 8.81. The number of rotatable bonds is 3. The van der Waals surface area contributed by atoms with Crippen LogP contribution in [0, 0.1) is 0 Å². The molecule has 0 aliphatic heterocycles. The fourth-order valence-corrected chi connectivity index (χ4v) is 3.64. The Bertz CT molecular complexity index is 1300. The van der Waals surface area contributed by atoms with Gasteiger partial charge in [0, 0.05) is 42.9 Å². The van der Waals surface area contributed by atoms with Crippen molar-refractivity contribution in [1.82, 2.24) is 9.78 Å². The molecule has 0 amide bonds. The number of hydrogen-bond donors (Lipinski definition) is 0. The maximum atomic E-state index is 13.5. The molecule has 0 unspecified atom stereocenters. The SMILES string of the molecule is CN(C)c1c(C(=O)C(F)(F)F)cc(C(=O)C(F)(F)F)c2c1ccc1c(C(F)(F)F)n(C)nc12. The van der Waals surface area contributed by atoms with Gasteiger partial charge in [-0.3, -0.25) is 14.3 Å². The standard InChI is InChI=1S/C19H12F9N3O2/c1-30(2)13-7-4-5-8-12(29-31(3)14(8)17(20,21)22)11(7)9(15(32)18(23,24)25)6-10(13)16(33)19(26,27)28/h4-6H,1-3H3. The van der Waals surface area contributed by atoms with Crippen LogP contribution < -0.4 is 4.90 Å². The summed E-state index contributed by atoms with van der Waals surface area (Å²) in [6.45, 7) is 0. The summed E-state index contributed by atoms with van der Waals surface area (Å²) in [4.78, 5) is 25.1. The first kappa shape index (κ1) is 24.3. The van der Waals surface area contributed by atoms with Crippen molar-refractivity contribution in [2.45, 2.75) is 18.5 Å². The topological polar surface area (TPSA) is 55.2 Å². The number of benzene rings is 2. The predicted molar refractivity (Wildman–Crippen MR) is 98.3 cm³/mol. The highest BCUT2D eigenvalue weighted by Gasteiger charge is 2.45. The van der Waals surface area contributed by atoms with E-state index in [1.54, 1.807) is 0 Å². The van der Waals surface area contributed by atoms with Crippen LogP contribution in [0.15, 0.2) is 18.2 Å². The van der Waals surface area contributed by atoms with E-state index in [-0.39, 0.29) is 6.07 Å². The third-order valence-corrected chi connectivity index (χ3v) is 4.79. The van der Waals surface area contributed by atoms with Crippen LogP contribution in [0.25, 0.3) is 21.7 Å². The number of hydrogen-bond acceptors (Lipinski definition) is 4. The van der Waals surface area contributed by atoms with E-state index in [9.17, 15) is 49.1 Å². The van der Waals surface area contributed by atoms with Crippen LogP contribution >= 0.6 is 0 Å². The van der Waals surface area contributed by atoms with Gasteiger partial charge in [0.25, 0.3) is 11.6 Å². The van der Waals surface area contributed by atoms with Crippen molar-refractivity contribution in [3.05, 3.63) is 35.0 Å². The predicted octanol–water partition coefficient (Wildman–Crippen LogP) is 5.30. The summed E-state index contributed by atoms with van der Waals surface area (Å²) >= 11 is 0. The highest BCUT2D eigenvalue weighted by Crippen LogP contribution is 2.43. The van der Waals surface area contributed by atoms with Gasteiger partial charge in [-0.1, -0.05) is 6.07 Å². The third kappa shape index (κ3) is 3.97. The molecule has 3 aromatic rings. The number of carbonyl (C=O) groups is 2. The van der Waals surface area contributed by atoms with Crippen LogP contribution in [0.5, 0.6) is 0 Å². The molecule has 0 saturated heterocycles. The van der Waals surface area contributed by atoms with Crippen molar-refractivity contribution < 1.29 is 49.1 Å². The van der Waals surface area contributed by atoms with E-state index < -0.39 is 74.3 Å². The van der Waals surface area contributed by atoms with Crippen LogP contribution in [-0.4, -0.2) is 47.8 Å². The molecule has 0 spiro atoms. The highest BCUT2D eigenvalue weighted by atomic mass is 19.4. The van der Waals surface area contributed by atoms with Crippen LogP contribution in [0.3, 0.4) is 0 Å². The van der Waals surface area contributed by atoms with Gasteiger partial charge in [-0.2, -0.15) is 44.6 Å². The normalized spacial score (nSPS) is 13.1. The van der Waals surface area contributed by atoms with Crippen molar-refractivity contribution >= 4 is 38.9 Å². The molecular formula is C19H12F9N3O2. The number of anilines is 1. The molecule has 178 valence electrons. The first-order chi connectivity index (χ1) is 14.9. The zero-order valence-corrected chi connectivity index (χ0v) is 16.8. The van der Waals surface area contributed by atoms with Gasteiger partial charge in [-0.05, 0) is 12.1 Å². The molecule has 5 nitrogen and oxygen atoms in total. The van der Waals surface area contributed by atoms with Gasteiger partial charge >= 0.3 is 18.5 Å². The van der Waals surface area contributed by atoms with E-state index in [1.165, 1.54) is 14.1 Å². The molecule has 33 heavy (non-hydrogen) atoms. The number of fused-ring (bicyclic) bond motifs is 3. The smallest absolute Gasteiger partial charge is 0.377 e. The third-order valence-electron chi connectivity index (χ3n) is 4.79. The van der Waals surface area contributed by atoms with Crippen molar-refractivity contribution in [3.63, 3.8) is 0 Å². The zero-order chi connectivity index (χ0) is 25.3. The van der Waals surface area contributed by atoms with Crippen LogP contribution in [0.2, 0.25) is 0 Å². The number of alkyl halides is 9. The van der Waals surface area contributed by atoms with Gasteiger partial charge < -0.3 is 4.90 Å². The van der Waals surface area contributed by atoms with Crippen LogP contribution in [0.4, 0.5) is 45.2 Å². The van der Waals surface area contributed by atoms with E-state index in [0.717, 1.165) is 24.1 Å². The second kappa shape index (κ2) is 7.35. The number of Topliss-reactive ketones (excluding diaryl/α,β-unsaturated/α-hetero) is 2. The Kier molecular flexibility index (Phi) is 5.42. The monoisotopic (exact) mass is 485 g/mol. The second-order valence-corrected chi connectivity index (χ2v) is 7.22. The minimum Gasteiger partial charge on any atom is -0.377 e. The van der Waals surface area contributed by atoms with Crippen LogP contribution in [-0.2, 0) is 13.2 Å². The molecule has 0 aliphatic carbocycles. The molecule has 0 atom stereocenters. The van der Waals surface area contributed by atoms with Crippen molar-refractivity contribution in [3.8, 4) is 0 Å². The number of ketones is 2. The fourth-order valence-electron chi connectivity index (χ4n) is 3.64. The summed E-state index contributed by atoms with van der Waals surface area (Å²) in [5, 5.41) is 1.69. The summed E-state index contributed by atoms with van der Waals surface area (Å²) in [5.74, 6) is -5.16. The maximum Gasteiger partial charge on any atom is 0.454 e. The van der Waals surface area contributed by atoms with Gasteiger partial charge in [-0.15, -0.1) is 0 Å². The van der Waals surface area contributed by atoms with E-state index in [0.29, 0.717) is 4.68 Å². The van der Waals surface area contributed by atoms with Crippen LogP contribution in [0.1, 0.15) is 26.4 Å². The van der Waals surface area contributed by atoms with Gasteiger partial charge in [0.05, 0.1) is 11.3 Å². The zero-order valence-electron chi connectivity index (χ0n) is 16.8. The lowest BCUT2D eigenvalue weighted by Gasteiger charge is -2.22. The van der Waals surface area contributed by atoms with E-state index in [1.807, 2.05) is 0 Å². The van der Waals surface area contributed by atoms with E-state index in [4.69, 9.17) is 0 Å². The molecule has 0 bridgehead atoms. The van der Waals surface area contributed by atoms with E-state index >= 15 is 0 Å². The molecular weight excluding hydrogens is 473 g/mol. The average Bonchev–Trinajstić information content (AvgIpc) is 2.99. The molecule has 0 aliphatic rings. The Morgan fingerprint density at radius 3 is 1.79 bits per heavy atom. The average molecular weight is 485 g/mol. The molecule has 0 fully saturated rings. The minimum atomic E-state index is -5.60. The lowest BCUT2D eigenvalue weighted by Crippen LogP contribution is -2.28. The Morgan fingerprint density at radius 1 is 0.848 bits per heavy atom. The molecule has 1 aromatic heterocycles. The Labute approximate surface area is 178 Å². The van der Waals surface area contributed by atoms with Gasteiger partial charge in [-0.25, -0.2) is 0 Å². The second-order valence-electron chi connectivity index (χ2n) is 7.22. The summed E-state index contributed by atoms with van der Waals surface area (Å²) < 4.78 is 120. The minimum absolute atomic E-state index is 0.102. The molecule has 0 N–H and O–H groups in total. The summed E-state index contributed by atoms with van der Waals surface area (Å²) in [7, 11) is 3.22. The largest absolute Gasteiger partial charge is 0.454 e. The molecule has 14 heteroatoms. The highest BCUT2D eigenvalue weighted by molar-refractivity contribution is 6.24. The maximum absolute atomic E-state index is 13.5. The molecule has 3 rings (SSSR count). The summed E-state index contributed by atoms with van der Waals surface area (Å²) in [6.07, 6.45) is -16.1. The summed E-state index contributed by atoms with van der Waals surface area (Å²) in [5.41, 5.74) is -5.25. The number of aromatic nitrogens is 2. The number of halogens is 9. The molecule has 1 heterocycles. The Morgan fingerprint density at radius 2 is 1.33 bits per heavy atom. The first-order valence-electron chi connectivity index (χ1n) is 8.81. The number of carbonyl (C=O) groups excluding carboxylic acids is 2. The Hall–Kier alpha value is -3.32. The van der Waals surface area contributed by atoms with Crippen molar-refractivity contribution in [2.24, 2.45) is 7.05 Å². The quantitative estimate of drug-likeness (QED) is 0.373. The molecule has 0 radical (unpaired) electrons. The lowest BCUT2D eigenvalue weighted by molar-refractivity contribution is -0.142. The lowest BCUT2D eigenvalue weighted by atomic mass is 9.91. The van der Waals surface area contributed by atoms with Gasteiger partial charge in [0.1, 0.15) is 11.2 Å². The Balaban J connectivity index is 2.64. The van der Waals surface area contributed by atoms with Gasteiger partial charge in [0.2, 0.25) is 0 Å². The van der Waals surface area contributed by atoms with Crippen molar-refractivity contribution in [2.75, 3.05) is 19.0 Å². The summed E-state index contributed by atoms with van der Waals surface area (Å²) in [6, 6.07) is 1.74.